The lowest BCUT2D eigenvalue weighted by Gasteiger charge is -2.35. The van der Waals surface area contributed by atoms with Gasteiger partial charge in [-0.25, -0.2) is 0 Å². The molecule has 0 aromatic rings. The summed E-state index contributed by atoms with van der Waals surface area (Å²) in [4.78, 5) is 0. The number of nitrogens with one attached hydrogen (secondary N) is 1. The van der Waals surface area contributed by atoms with Gasteiger partial charge in [0.25, 0.3) is 0 Å². The Kier molecular flexibility index (Phi) is 3.65. The molecule has 1 aliphatic carbocycles. The van der Waals surface area contributed by atoms with Crippen molar-refractivity contribution >= 4 is 0 Å². The molecule has 1 saturated carbocycles. The van der Waals surface area contributed by atoms with Crippen LogP contribution in [0.5, 0.6) is 0 Å². The predicted octanol–water partition coefficient (Wildman–Crippen LogP) is 2.64. The van der Waals surface area contributed by atoms with Gasteiger partial charge in [0.1, 0.15) is 0 Å². The molecule has 18 heavy (non-hydrogen) atoms. The van der Waals surface area contributed by atoms with Crippen LogP contribution in [0.1, 0.15) is 58.3 Å². The van der Waals surface area contributed by atoms with E-state index < -0.39 is 0 Å². The highest BCUT2D eigenvalue weighted by molar-refractivity contribution is 4.94. The third-order valence-electron chi connectivity index (χ3n) is 5.21. The molecule has 2 heterocycles. The molecule has 3 heteroatoms. The van der Waals surface area contributed by atoms with Gasteiger partial charge in [0.2, 0.25) is 0 Å². The van der Waals surface area contributed by atoms with Gasteiger partial charge < -0.3 is 14.8 Å². The van der Waals surface area contributed by atoms with Crippen LogP contribution in [0.2, 0.25) is 0 Å². The van der Waals surface area contributed by atoms with Crippen LogP contribution in [-0.4, -0.2) is 37.0 Å². The van der Waals surface area contributed by atoms with Gasteiger partial charge in [0.05, 0.1) is 11.7 Å². The number of hydrogen-bond donors (Lipinski definition) is 1. The summed E-state index contributed by atoms with van der Waals surface area (Å²) in [7, 11) is 0. The van der Waals surface area contributed by atoms with Crippen molar-refractivity contribution in [2.24, 2.45) is 0 Å². The Hall–Kier alpha value is -0.120. The summed E-state index contributed by atoms with van der Waals surface area (Å²) in [5.74, 6) is 0. The van der Waals surface area contributed by atoms with Gasteiger partial charge in [0.15, 0.2) is 0 Å². The SMILES string of the molecule is CC1(NCC2CCC3(CCCC3)O2)CCOCC1. The fourth-order valence-electron chi connectivity index (χ4n) is 3.79. The minimum absolute atomic E-state index is 0.271. The summed E-state index contributed by atoms with van der Waals surface area (Å²) < 4.78 is 11.8. The fourth-order valence-corrected chi connectivity index (χ4v) is 3.79. The average molecular weight is 253 g/mol. The zero-order valence-corrected chi connectivity index (χ0v) is 11.7. The van der Waals surface area contributed by atoms with E-state index in [0.717, 1.165) is 32.6 Å². The largest absolute Gasteiger partial charge is 0.381 e. The Balaban J connectivity index is 1.46. The molecule has 0 aromatic heterocycles. The van der Waals surface area contributed by atoms with Gasteiger partial charge in [-0.1, -0.05) is 12.8 Å². The third-order valence-corrected chi connectivity index (χ3v) is 5.21. The Morgan fingerprint density at radius 3 is 2.50 bits per heavy atom. The highest BCUT2D eigenvalue weighted by atomic mass is 16.5. The van der Waals surface area contributed by atoms with E-state index in [0.29, 0.717) is 6.10 Å². The van der Waals surface area contributed by atoms with Crippen molar-refractivity contribution in [3.8, 4) is 0 Å². The van der Waals surface area contributed by atoms with Crippen molar-refractivity contribution < 1.29 is 9.47 Å². The van der Waals surface area contributed by atoms with Gasteiger partial charge in [0, 0.05) is 25.3 Å². The highest BCUT2D eigenvalue weighted by Crippen LogP contribution is 2.43. The van der Waals surface area contributed by atoms with Crippen molar-refractivity contribution in [3.05, 3.63) is 0 Å². The molecule has 0 aromatic carbocycles. The second-order valence-corrected chi connectivity index (χ2v) is 6.72. The maximum atomic E-state index is 6.35. The number of hydrogen-bond acceptors (Lipinski definition) is 3. The minimum atomic E-state index is 0.271. The molecular weight excluding hydrogens is 226 g/mol. The minimum Gasteiger partial charge on any atom is -0.381 e. The molecular formula is C15H27NO2. The van der Waals surface area contributed by atoms with Gasteiger partial charge in [-0.2, -0.15) is 0 Å². The summed E-state index contributed by atoms with van der Waals surface area (Å²) in [5, 5.41) is 3.74. The summed E-state index contributed by atoms with van der Waals surface area (Å²) in [6.45, 7) is 5.16. The van der Waals surface area contributed by atoms with Gasteiger partial charge >= 0.3 is 0 Å². The normalized spacial score (nSPS) is 34.2. The van der Waals surface area contributed by atoms with E-state index in [9.17, 15) is 0 Å². The molecule has 2 aliphatic heterocycles. The molecule has 3 rings (SSSR count). The average Bonchev–Trinajstić information content (AvgIpc) is 2.99. The third kappa shape index (κ3) is 2.73. The molecule has 0 amide bonds. The predicted molar refractivity (Wildman–Crippen MR) is 71.8 cm³/mol. The number of ether oxygens (including phenoxy) is 2. The molecule has 104 valence electrons. The van der Waals surface area contributed by atoms with Crippen LogP contribution in [-0.2, 0) is 9.47 Å². The molecule has 1 spiro atoms. The Morgan fingerprint density at radius 2 is 1.78 bits per heavy atom. The van der Waals surface area contributed by atoms with E-state index in [-0.39, 0.29) is 11.1 Å². The summed E-state index contributed by atoms with van der Waals surface area (Å²) >= 11 is 0. The second kappa shape index (κ2) is 5.10. The maximum absolute atomic E-state index is 6.35. The highest BCUT2D eigenvalue weighted by Gasteiger charge is 2.42. The molecule has 3 aliphatic rings. The van der Waals surface area contributed by atoms with E-state index in [1.165, 1.54) is 38.5 Å². The zero-order valence-electron chi connectivity index (χ0n) is 11.7. The zero-order chi connectivity index (χ0) is 12.5. The van der Waals surface area contributed by atoms with E-state index >= 15 is 0 Å². The van der Waals surface area contributed by atoms with Crippen molar-refractivity contribution in [1.82, 2.24) is 5.32 Å². The molecule has 3 fully saturated rings. The van der Waals surface area contributed by atoms with Gasteiger partial charge in [-0.15, -0.1) is 0 Å². The maximum Gasteiger partial charge on any atom is 0.0708 e. The topological polar surface area (TPSA) is 30.5 Å². The van der Waals surface area contributed by atoms with Crippen molar-refractivity contribution in [3.63, 3.8) is 0 Å². The lowest BCUT2D eigenvalue weighted by molar-refractivity contribution is -0.0405. The van der Waals surface area contributed by atoms with Crippen LogP contribution >= 0.6 is 0 Å². The molecule has 1 unspecified atom stereocenters. The van der Waals surface area contributed by atoms with E-state index in [1.54, 1.807) is 0 Å². The first kappa shape index (κ1) is 12.9. The van der Waals surface area contributed by atoms with Gasteiger partial charge in [-0.3, -0.25) is 0 Å². The van der Waals surface area contributed by atoms with E-state index in [4.69, 9.17) is 9.47 Å². The smallest absolute Gasteiger partial charge is 0.0708 e. The van der Waals surface area contributed by atoms with Crippen molar-refractivity contribution in [2.45, 2.75) is 75.5 Å². The van der Waals surface area contributed by atoms with Crippen LogP contribution < -0.4 is 5.32 Å². The lowest BCUT2D eigenvalue weighted by Crippen LogP contribution is -2.49. The first-order valence-electron chi connectivity index (χ1n) is 7.70. The van der Waals surface area contributed by atoms with Crippen LogP contribution in [0, 0.1) is 0 Å². The van der Waals surface area contributed by atoms with Crippen LogP contribution in [0.3, 0.4) is 0 Å². The first-order chi connectivity index (χ1) is 8.70. The second-order valence-electron chi connectivity index (χ2n) is 6.72. The van der Waals surface area contributed by atoms with Crippen LogP contribution in [0.4, 0.5) is 0 Å². The van der Waals surface area contributed by atoms with Gasteiger partial charge in [-0.05, 0) is 45.4 Å². The molecule has 3 nitrogen and oxygen atoms in total. The first-order valence-corrected chi connectivity index (χ1v) is 7.70. The van der Waals surface area contributed by atoms with Crippen LogP contribution in [0.15, 0.2) is 0 Å². The Bertz CT molecular complexity index is 280. The number of rotatable bonds is 3. The summed E-state index contributed by atoms with van der Waals surface area (Å²) in [6.07, 6.45) is 10.6. The van der Waals surface area contributed by atoms with E-state index in [2.05, 4.69) is 12.2 Å². The fraction of sp³-hybridized carbons (Fsp3) is 1.00. The Morgan fingerprint density at radius 1 is 1.06 bits per heavy atom. The Labute approximate surface area is 111 Å². The molecule has 0 bridgehead atoms. The lowest BCUT2D eigenvalue weighted by atomic mass is 9.92. The molecule has 1 N–H and O–H groups in total. The summed E-state index contributed by atoms with van der Waals surface area (Å²) in [6, 6.07) is 0. The van der Waals surface area contributed by atoms with E-state index in [1.807, 2.05) is 0 Å². The molecule has 1 atom stereocenters. The quantitative estimate of drug-likeness (QED) is 0.838. The molecule has 2 saturated heterocycles. The molecule has 0 radical (unpaired) electrons. The summed E-state index contributed by atoms with van der Waals surface area (Å²) in [5.41, 5.74) is 0.552. The van der Waals surface area contributed by atoms with Crippen molar-refractivity contribution in [1.29, 1.82) is 0 Å². The monoisotopic (exact) mass is 253 g/mol. The standard InChI is InChI=1S/C15H27NO2/c1-14(8-10-17-11-9-14)16-12-13-4-7-15(18-13)5-2-3-6-15/h13,16H,2-12H2,1H3. The van der Waals surface area contributed by atoms with Crippen molar-refractivity contribution in [2.75, 3.05) is 19.8 Å². The van der Waals surface area contributed by atoms with Crippen LogP contribution in [0.25, 0.3) is 0 Å².